The van der Waals surface area contributed by atoms with E-state index in [-0.39, 0.29) is 6.09 Å². The van der Waals surface area contributed by atoms with E-state index in [4.69, 9.17) is 20.2 Å². The summed E-state index contributed by atoms with van der Waals surface area (Å²) in [6.45, 7) is 9.12. The van der Waals surface area contributed by atoms with Crippen molar-refractivity contribution >= 4 is 33.8 Å². The molecule has 0 spiro atoms. The summed E-state index contributed by atoms with van der Waals surface area (Å²) in [7, 11) is 0. The summed E-state index contributed by atoms with van der Waals surface area (Å²) >= 11 is 0. The number of pyridine rings is 1. The number of fused-ring (bicyclic) bond motifs is 3. The third-order valence-electron chi connectivity index (χ3n) is 6.16. The van der Waals surface area contributed by atoms with Gasteiger partial charge in [0.25, 0.3) is 0 Å². The van der Waals surface area contributed by atoms with Crippen LogP contribution in [-0.4, -0.2) is 38.4 Å². The molecule has 8 heteroatoms. The van der Waals surface area contributed by atoms with Crippen LogP contribution in [0.5, 0.6) is 0 Å². The van der Waals surface area contributed by atoms with Gasteiger partial charge in [-0.05, 0) is 46.6 Å². The number of nitrogens with zero attached hydrogens (tertiary/aromatic N) is 3. The standard InChI is InChI=1S/C25H35N5O3/c1-5-32-15-19-28-20-21(17-11-7-8-12-18(17)27-22(20)26)30(19)16-25(13-9-6-10-14-25)29-23(31)33-24(2,3)4/h7-8,11-12H,5-6,9-10,13-16H2,1-4H3,(H2,26,27)(H,29,31). The van der Waals surface area contributed by atoms with Crippen LogP contribution in [0.15, 0.2) is 24.3 Å². The minimum Gasteiger partial charge on any atom is -0.444 e. The zero-order chi connectivity index (χ0) is 23.6. The molecule has 0 unspecified atom stereocenters. The zero-order valence-corrected chi connectivity index (χ0v) is 20.1. The summed E-state index contributed by atoms with van der Waals surface area (Å²) < 4.78 is 13.6. The van der Waals surface area contributed by atoms with Crippen molar-refractivity contribution in [2.45, 2.75) is 84.1 Å². The summed E-state index contributed by atoms with van der Waals surface area (Å²) in [4.78, 5) is 22.2. The quantitative estimate of drug-likeness (QED) is 0.548. The summed E-state index contributed by atoms with van der Waals surface area (Å²) in [5, 5.41) is 4.23. The lowest BCUT2D eigenvalue weighted by Crippen LogP contribution is -2.53. The first-order valence-corrected chi connectivity index (χ1v) is 11.8. The lowest BCUT2D eigenvalue weighted by atomic mass is 9.81. The smallest absolute Gasteiger partial charge is 0.408 e. The number of benzene rings is 1. The predicted molar refractivity (Wildman–Crippen MR) is 130 cm³/mol. The maximum absolute atomic E-state index is 12.8. The van der Waals surface area contributed by atoms with Gasteiger partial charge in [-0.1, -0.05) is 37.5 Å². The Bertz CT molecular complexity index is 1140. The van der Waals surface area contributed by atoms with Gasteiger partial charge in [0.05, 0.1) is 16.6 Å². The maximum Gasteiger partial charge on any atom is 0.408 e. The Kier molecular flexibility index (Phi) is 6.47. The normalized spacial score (nSPS) is 16.2. The molecular formula is C25H35N5O3. The minimum absolute atomic E-state index is 0.363. The number of ether oxygens (including phenoxy) is 2. The Hall–Kier alpha value is -2.87. The second-order valence-electron chi connectivity index (χ2n) is 9.93. The number of hydrogen-bond acceptors (Lipinski definition) is 6. The van der Waals surface area contributed by atoms with Crippen molar-refractivity contribution < 1.29 is 14.3 Å². The summed E-state index contributed by atoms with van der Waals surface area (Å²) in [6, 6.07) is 7.95. The van der Waals surface area contributed by atoms with Crippen LogP contribution in [-0.2, 0) is 22.6 Å². The van der Waals surface area contributed by atoms with Crippen LogP contribution in [0.2, 0.25) is 0 Å². The summed E-state index contributed by atoms with van der Waals surface area (Å²) in [6.07, 6.45) is 4.62. The topological polar surface area (TPSA) is 104 Å². The molecule has 1 aliphatic carbocycles. The molecule has 1 aliphatic rings. The van der Waals surface area contributed by atoms with Crippen molar-refractivity contribution in [3.05, 3.63) is 30.1 Å². The van der Waals surface area contributed by atoms with Gasteiger partial charge in [-0.15, -0.1) is 0 Å². The maximum atomic E-state index is 12.8. The fraction of sp³-hybridized carbons (Fsp3) is 0.560. The molecule has 3 N–H and O–H groups in total. The van der Waals surface area contributed by atoms with Crippen LogP contribution in [0.25, 0.3) is 21.9 Å². The van der Waals surface area contributed by atoms with Crippen molar-refractivity contribution in [2.75, 3.05) is 12.3 Å². The van der Waals surface area contributed by atoms with E-state index in [9.17, 15) is 4.79 Å². The van der Waals surface area contributed by atoms with E-state index in [1.54, 1.807) is 0 Å². The number of nitrogen functional groups attached to an aromatic ring is 1. The van der Waals surface area contributed by atoms with Gasteiger partial charge in [-0.25, -0.2) is 14.8 Å². The second-order valence-corrected chi connectivity index (χ2v) is 9.93. The number of anilines is 1. The number of para-hydroxylation sites is 1. The monoisotopic (exact) mass is 453 g/mol. The van der Waals surface area contributed by atoms with Crippen molar-refractivity contribution in [2.24, 2.45) is 0 Å². The molecule has 178 valence electrons. The van der Waals surface area contributed by atoms with Gasteiger partial charge in [0.2, 0.25) is 0 Å². The fourth-order valence-electron chi connectivity index (χ4n) is 4.75. The molecule has 1 amide bonds. The first kappa shape index (κ1) is 23.3. The first-order valence-electron chi connectivity index (χ1n) is 11.8. The Morgan fingerprint density at radius 3 is 2.61 bits per heavy atom. The molecule has 1 saturated carbocycles. The third kappa shape index (κ3) is 5.05. The highest BCUT2D eigenvalue weighted by atomic mass is 16.6. The molecule has 8 nitrogen and oxygen atoms in total. The van der Waals surface area contributed by atoms with E-state index in [1.807, 2.05) is 52.0 Å². The number of alkyl carbamates (subject to hydrolysis) is 1. The Balaban J connectivity index is 1.82. The largest absolute Gasteiger partial charge is 0.444 e. The molecule has 0 saturated heterocycles. The van der Waals surface area contributed by atoms with Gasteiger partial charge < -0.3 is 25.1 Å². The van der Waals surface area contributed by atoms with Crippen LogP contribution in [0, 0.1) is 0 Å². The summed E-state index contributed by atoms with van der Waals surface area (Å²) in [5.74, 6) is 1.19. The van der Waals surface area contributed by atoms with E-state index in [1.165, 1.54) is 0 Å². The van der Waals surface area contributed by atoms with E-state index in [0.717, 1.165) is 54.3 Å². The van der Waals surface area contributed by atoms with Crippen LogP contribution in [0.4, 0.5) is 10.6 Å². The van der Waals surface area contributed by atoms with E-state index in [2.05, 4.69) is 14.9 Å². The van der Waals surface area contributed by atoms with Crippen molar-refractivity contribution in [3.63, 3.8) is 0 Å². The zero-order valence-electron chi connectivity index (χ0n) is 20.1. The lowest BCUT2D eigenvalue weighted by molar-refractivity contribution is 0.0404. The highest BCUT2D eigenvalue weighted by Gasteiger charge is 2.37. The Morgan fingerprint density at radius 2 is 1.91 bits per heavy atom. The number of amides is 1. The molecule has 0 radical (unpaired) electrons. The van der Waals surface area contributed by atoms with E-state index >= 15 is 0 Å². The number of imidazole rings is 1. The molecule has 1 aromatic carbocycles. The van der Waals surface area contributed by atoms with Crippen LogP contribution >= 0.6 is 0 Å². The highest BCUT2D eigenvalue weighted by Crippen LogP contribution is 2.35. The minimum atomic E-state index is -0.557. The van der Waals surface area contributed by atoms with Gasteiger partial charge >= 0.3 is 6.09 Å². The number of carbonyl (C=O) groups excluding carboxylic acids is 1. The van der Waals surface area contributed by atoms with Gasteiger partial charge in [0.15, 0.2) is 5.82 Å². The molecule has 4 rings (SSSR count). The average Bonchev–Trinajstić information content (AvgIpc) is 3.10. The number of nitrogens with one attached hydrogen (secondary N) is 1. The number of rotatable bonds is 6. The predicted octanol–water partition coefficient (Wildman–Crippen LogP) is 4.93. The molecule has 0 aliphatic heterocycles. The van der Waals surface area contributed by atoms with Gasteiger partial charge in [-0.2, -0.15) is 0 Å². The second kappa shape index (κ2) is 9.17. The molecule has 0 atom stereocenters. The average molecular weight is 454 g/mol. The van der Waals surface area contributed by atoms with Gasteiger partial charge in [0.1, 0.15) is 23.5 Å². The van der Waals surface area contributed by atoms with Crippen molar-refractivity contribution in [3.8, 4) is 0 Å². The summed E-state index contributed by atoms with van der Waals surface area (Å²) in [5.41, 5.74) is 7.77. The molecule has 3 aromatic rings. The lowest BCUT2D eigenvalue weighted by Gasteiger charge is -2.39. The molecule has 0 bridgehead atoms. The molecule has 2 heterocycles. The van der Waals surface area contributed by atoms with Crippen LogP contribution in [0.3, 0.4) is 0 Å². The first-order chi connectivity index (χ1) is 15.7. The molecular weight excluding hydrogens is 418 g/mol. The third-order valence-corrected chi connectivity index (χ3v) is 6.16. The van der Waals surface area contributed by atoms with Crippen molar-refractivity contribution in [1.82, 2.24) is 19.9 Å². The molecule has 1 fully saturated rings. The highest BCUT2D eigenvalue weighted by molar-refractivity contribution is 6.06. The van der Waals surface area contributed by atoms with Gasteiger partial charge in [0, 0.05) is 18.5 Å². The molecule has 33 heavy (non-hydrogen) atoms. The van der Waals surface area contributed by atoms with E-state index < -0.39 is 11.1 Å². The Labute approximate surface area is 194 Å². The van der Waals surface area contributed by atoms with Gasteiger partial charge in [-0.3, -0.25) is 0 Å². The number of aromatic nitrogens is 3. The molecule has 2 aromatic heterocycles. The SMILES string of the molecule is CCOCc1nc2c(N)nc3ccccc3c2n1CC1(NC(=O)OC(C)(C)C)CCCCC1. The van der Waals surface area contributed by atoms with E-state index in [0.29, 0.717) is 31.1 Å². The fourth-order valence-corrected chi connectivity index (χ4v) is 4.75. The number of nitrogens with two attached hydrogens (primary N) is 1. The van der Waals surface area contributed by atoms with Crippen molar-refractivity contribution in [1.29, 1.82) is 0 Å². The van der Waals surface area contributed by atoms with Crippen LogP contribution in [0.1, 0.15) is 65.6 Å². The Morgan fingerprint density at radius 1 is 1.18 bits per heavy atom. The number of hydrogen-bond donors (Lipinski definition) is 2. The number of carbonyl (C=O) groups is 1. The van der Waals surface area contributed by atoms with Crippen LogP contribution < -0.4 is 11.1 Å².